The maximum Gasteiger partial charge on any atom is 0.222 e. The molecule has 0 aliphatic rings. The third-order valence-corrected chi connectivity index (χ3v) is 4.62. The van der Waals surface area contributed by atoms with Gasteiger partial charge in [-0.3, -0.25) is 0 Å². The Morgan fingerprint density at radius 3 is 2.58 bits per heavy atom. The Morgan fingerprint density at radius 1 is 1.12 bits per heavy atom. The Labute approximate surface area is 153 Å². The normalized spacial score (nSPS) is 11.0. The van der Waals surface area contributed by atoms with Crippen molar-refractivity contribution in [3.63, 3.8) is 0 Å². The number of nitroso groups, excluding NO2 is 1. The molecule has 1 aromatic heterocycles. The minimum absolute atomic E-state index is 0.0933. The molecule has 0 radical (unpaired) electrons. The molecule has 0 aliphatic carbocycles. The summed E-state index contributed by atoms with van der Waals surface area (Å²) in [6, 6.07) is 13.5. The first kappa shape index (κ1) is 18.0. The summed E-state index contributed by atoms with van der Waals surface area (Å²) < 4.78 is 7.45. The number of aromatic nitrogens is 1. The van der Waals surface area contributed by atoms with Crippen LogP contribution in [0.5, 0.6) is 11.6 Å². The monoisotopic (exact) mass is 352 g/mol. The van der Waals surface area contributed by atoms with E-state index in [0.717, 1.165) is 35.4 Å². The van der Waals surface area contributed by atoms with Gasteiger partial charge in [0, 0.05) is 5.39 Å². The minimum atomic E-state index is -0.0933. The maximum atomic E-state index is 11.2. The molecule has 26 heavy (non-hydrogen) atoms. The van der Waals surface area contributed by atoms with Crippen molar-refractivity contribution in [3.8, 4) is 11.6 Å². The topological polar surface area (TPSA) is 63.8 Å². The highest BCUT2D eigenvalue weighted by atomic mass is 16.5. The van der Waals surface area contributed by atoms with E-state index in [2.05, 4.69) is 12.1 Å². The summed E-state index contributed by atoms with van der Waals surface area (Å²) in [7, 11) is 0. The summed E-state index contributed by atoms with van der Waals surface area (Å²) in [5, 5.41) is 14.2. The predicted octanol–water partition coefficient (Wildman–Crippen LogP) is 5.67. The molecule has 1 heterocycles. The predicted molar refractivity (Wildman–Crippen MR) is 104 cm³/mol. The van der Waals surface area contributed by atoms with E-state index in [1.54, 1.807) is 4.57 Å². The summed E-state index contributed by atoms with van der Waals surface area (Å²) in [4.78, 5) is 11.2. The molecule has 0 atom stereocenters. The zero-order chi connectivity index (χ0) is 18.5. The fraction of sp³-hybridized carbons (Fsp3) is 0.333. The second-order valence-corrected chi connectivity index (χ2v) is 6.52. The fourth-order valence-electron chi connectivity index (χ4n) is 3.20. The van der Waals surface area contributed by atoms with Crippen LogP contribution < -0.4 is 4.74 Å². The molecule has 0 spiro atoms. The Balaban J connectivity index is 1.82. The average molecular weight is 352 g/mol. The highest BCUT2D eigenvalue weighted by Crippen LogP contribution is 2.40. The molecule has 0 amide bonds. The van der Waals surface area contributed by atoms with Gasteiger partial charge in [-0.05, 0) is 47.8 Å². The largest absolute Gasteiger partial charge is 0.494 e. The smallest absolute Gasteiger partial charge is 0.222 e. The van der Waals surface area contributed by atoms with Gasteiger partial charge in [0.2, 0.25) is 5.88 Å². The lowest BCUT2D eigenvalue weighted by Gasteiger charge is -2.09. The second-order valence-electron chi connectivity index (χ2n) is 6.52. The SMILES string of the molecule is CCCCCOc1ccc(Cn2c(O)c(N=O)c3c(C)cccc32)cc1. The molecule has 0 unspecified atom stereocenters. The summed E-state index contributed by atoms with van der Waals surface area (Å²) in [5.41, 5.74) is 2.84. The number of rotatable bonds is 8. The summed E-state index contributed by atoms with van der Waals surface area (Å²) in [6.45, 7) is 5.26. The molecule has 3 aromatic rings. The van der Waals surface area contributed by atoms with E-state index in [1.165, 1.54) is 12.8 Å². The summed E-state index contributed by atoms with van der Waals surface area (Å²) >= 11 is 0. The minimum Gasteiger partial charge on any atom is -0.494 e. The third-order valence-electron chi connectivity index (χ3n) is 4.62. The van der Waals surface area contributed by atoms with Crippen molar-refractivity contribution in [1.29, 1.82) is 0 Å². The summed E-state index contributed by atoms with van der Waals surface area (Å²) in [6.07, 6.45) is 3.40. The second kappa shape index (κ2) is 8.04. The molecule has 2 aromatic carbocycles. The van der Waals surface area contributed by atoms with Crippen LogP contribution in [0.1, 0.15) is 37.3 Å². The third kappa shape index (κ3) is 3.57. The van der Waals surface area contributed by atoms with Crippen LogP contribution in [-0.4, -0.2) is 16.3 Å². The molecule has 5 nitrogen and oxygen atoms in total. The molecule has 3 rings (SSSR count). The van der Waals surface area contributed by atoms with Crippen LogP contribution in [0.4, 0.5) is 5.69 Å². The summed E-state index contributed by atoms with van der Waals surface area (Å²) in [5.74, 6) is 0.752. The van der Waals surface area contributed by atoms with Gasteiger partial charge in [0.05, 0.1) is 18.7 Å². The number of nitrogens with zero attached hydrogens (tertiary/aromatic N) is 2. The first-order chi connectivity index (χ1) is 12.7. The van der Waals surface area contributed by atoms with E-state index in [-0.39, 0.29) is 11.6 Å². The van der Waals surface area contributed by atoms with Crippen LogP contribution in [0.15, 0.2) is 47.6 Å². The number of aryl methyl sites for hydroxylation is 1. The Bertz CT molecular complexity index is 898. The van der Waals surface area contributed by atoms with E-state index in [4.69, 9.17) is 4.74 Å². The molecule has 0 bridgehead atoms. The van der Waals surface area contributed by atoms with Crippen molar-refractivity contribution in [3.05, 3.63) is 58.5 Å². The lowest BCUT2D eigenvalue weighted by molar-refractivity contribution is 0.306. The van der Waals surface area contributed by atoms with Crippen molar-refractivity contribution in [1.82, 2.24) is 4.57 Å². The van der Waals surface area contributed by atoms with Crippen LogP contribution in [0, 0.1) is 11.8 Å². The molecule has 1 N–H and O–H groups in total. The van der Waals surface area contributed by atoms with Gasteiger partial charge < -0.3 is 14.4 Å². The Hall–Kier alpha value is -2.82. The van der Waals surface area contributed by atoms with E-state index in [1.807, 2.05) is 49.4 Å². The quantitative estimate of drug-likeness (QED) is 0.419. The van der Waals surface area contributed by atoms with Crippen molar-refractivity contribution >= 4 is 16.6 Å². The number of fused-ring (bicyclic) bond motifs is 1. The maximum absolute atomic E-state index is 11.2. The zero-order valence-corrected chi connectivity index (χ0v) is 15.2. The highest BCUT2D eigenvalue weighted by Gasteiger charge is 2.19. The average Bonchev–Trinajstić information content (AvgIpc) is 2.93. The lowest BCUT2D eigenvalue weighted by atomic mass is 10.1. The van der Waals surface area contributed by atoms with Gasteiger partial charge in [-0.1, -0.05) is 44.0 Å². The lowest BCUT2D eigenvalue weighted by Crippen LogP contribution is -2.00. The van der Waals surface area contributed by atoms with Crippen molar-refractivity contribution < 1.29 is 9.84 Å². The van der Waals surface area contributed by atoms with Crippen LogP contribution in [0.3, 0.4) is 0 Å². The van der Waals surface area contributed by atoms with E-state index in [9.17, 15) is 10.0 Å². The molecular weight excluding hydrogens is 328 g/mol. The van der Waals surface area contributed by atoms with E-state index in [0.29, 0.717) is 11.9 Å². The Kier molecular flexibility index (Phi) is 5.56. The van der Waals surface area contributed by atoms with Gasteiger partial charge in [-0.25, -0.2) is 0 Å². The first-order valence-electron chi connectivity index (χ1n) is 9.01. The van der Waals surface area contributed by atoms with Gasteiger partial charge >= 0.3 is 0 Å². The van der Waals surface area contributed by atoms with E-state index < -0.39 is 0 Å². The molecular formula is C21H24N2O3. The molecule has 0 aliphatic heterocycles. The number of aromatic hydroxyl groups is 1. The number of benzene rings is 2. The number of unbranched alkanes of at least 4 members (excludes halogenated alkanes) is 2. The van der Waals surface area contributed by atoms with E-state index >= 15 is 0 Å². The number of hydrogen-bond donors (Lipinski definition) is 1. The van der Waals surface area contributed by atoms with Crippen LogP contribution in [0.25, 0.3) is 10.9 Å². The Morgan fingerprint density at radius 2 is 1.88 bits per heavy atom. The number of hydrogen-bond acceptors (Lipinski definition) is 4. The molecule has 5 heteroatoms. The number of ether oxygens (including phenoxy) is 1. The van der Waals surface area contributed by atoms with Gasteiger partial charge in [0.1, 0.15) is 5.75 Å². The standard InChI is InChI=1S/C21H24N2O3/c1-3-4-5-13-26-17-11-9-16(10-12-17)14-23-18-8-6-7-15(2)19(18)20(22-25)21(23)24/h6-12,24H,3-5,13-14H2,1-2H3. The molecule has 0 saturated carbocycles. The molecule has 0 saturated heterocycles. The fourth-order valence-corrected chi connectivity index (χ4v) is 3.20. The zero-order valence-electron chi connectivity index (χ0n) is 15.2. The molecule has 136 valence electrons. The van der Waals surface area contributed by atoms with Crippen LogP contribution in [0.2, 0.25) is 0 Å². The van der Waals surface area contributed by atoms with Crippen LogP contribution >= 0.6 is 0 Å². The van der Waals surface area contributed by atoms with Gasteiger partial charge in [0.15, 0.2) is 5.69 Å². The van der Waals surface area contributed by atoms with Gasteiger partial charge in [0.25, 0.3) is 0 Å². The van der Waals surface area contributed by atoms with Crippen LogP contribution in [-0.2, 0) is 6.54 Å². The van der Waals surface area contributed by atoms with Crippen molar-refractivity contribution in [2.24, 2.45) is 5.18 Å². The molecule has 0 fully saturated rings. The van der Waals surface area contributed by atoms with Crippen molar-refractivity contribution in [2.45, 2.75) is 39.7 Å². The first-order valence-corrected chi connectivity index (χ1v) is 9.01. The van der Waals surface area contributed by atoms with Crippen molar-refractivity contribution in [2.75, 3.05) is 6.61 Å². The highest BCUT2D eigenvalue weighted by molar-refractivity contribution is 5.97. The van der Waals surface area contributed by atoms with Gasteiger partial charge in [-0.15, -0.1) is 4.91 Å². The van der Waals surface area contributed by atoms with Gasteiger partial charge in [-0.2, -0.15) is 0 Å².